The number of amides is 1. The predicted octanol–water partition coefficient (Wildman–Crippen LogP) is 5.43. The van der Waals surface area contributed by atoms with Gasteiger partial charge in [0.25, 0.3) is 0 Å². The minimum Gasteiger partial charge on any atom is -0.481 e. The van der Waals surface area contributed by atoms with E-state index in [-0.39, 0.29) is 35.6 Å². The van der Waals surface area contributed by atoms with Gasteiger partial charge in [-0.3, -0.25) is 9.59 Å². The van der Waals surface area contributed by atoms with Gasteiger partial charge in [0.2, 0.25) is 5.91 Å². The highest BCUT2D eigenvalue weighted by Crippen LogP contribution is 2.53. The van der Waals surface area contributed by atoms with E-state index in [4.69, 9.17) is 0 Å². The van der Waals surface area contributed by atoms with E-state index in [1.807, 2.05) is 6.07 Å². The summed E-state index contributed by atoms with van der Waals surface area (Å²) in [5, 5.41) is 10.9. The van der Waals surface area contributed by atoms with Crippen LogP contribution in [0, 0.1) is 17.8 Å². The van der Waals surface area contributed by atoms with E-state index < -0.39 is 5.97 Å². The maximum Gasteiger partial charge on any atom is 0.306 e. The van der Waals surface area contributed by atoms with Crippen LogP contribution in [0.4, 0.5) is 0 Å². The van der Waals surface area contributed by atoms with Crippen LogP contribution in [-0.4, -0.2) is 39.5 Å². The number of carbonyl (C=O) groups is 2. The average Bonchev–Trinajstić information content (AvgIpc) is 3.53. The number of H-pyrrole nitrogens is 1. The van der Waals surface area contributed by atoms with Gasteiger partial charge in [0, 0.05) is 35.6 Å². The summed E-state index contributed by atoms with van der Waals surface area (Å²) in [7, 11) is 0. The molecule has 2 N–H and O–H groups in total. The van der Waals surface area contributed by atoms with Crippen molar-refractivity contribution in [1.82, 2.24) is 9.88 Å². The molecule has 3 fully saturated rings. The Morgan fingerprint density at radius 2 is 1.79 bits per heavy atom. The summed E-state index contributed by atoms with van der Waals surface area (Å²) in [5.74, 6) is -0.379. The van der Waals surface area contributed by atoms with Crippen LogP contribution in [0.3, 0.4) is 0 Å². The van der Waals surface area contributed by atoms with Gasteiger partial charge >= 0.3 is 5.97 Å². The van der Waals surface area contributed by atoms with Crippen molar-refractivity contribution in [2.24, 2.45) is 17.8 Å². The van der Waals surface area contributed by atoms with Gasteiger partial charge in [0.05, 0.1) is 5.92 Å². The molecule has 6 rings (SSSR count). The van der Waals surface area contributed by atoms with E-state index in [2.05, 4.69) is 58.5 Å². The second-order valence-corrected chi connectivity index (χ2v) is 10.1. The van der Waals surface area contributed by atoms with E-state index in [1.165, 1.54) is 22.1 Å². The number of fused-ring (bicyclic) bond motifs is 2. The lowest BCUT2D eigenvalue weighted by molar-refractivity contribution is -0.152. The fraction of sp³-hybridized carbons (Fsp3) is 0.429. The van der Waals surface area contributed by atoms with E-state index >= 15 is 0 Å². The predicted molar refractivity (Wildman–Crippen MR) is 128 cm³/mol. The van der Waals surface area contributed by atoms with Crippen LogP contribution < -0.4 is 0 Å². The first-order valence-electron chi connectivity index (χ1n) is 12.3. The first-order chi connectivity index (χ1) is 16.1. The normalized spacial score (nSPS) is 29.0. The molecule has 2 aliphatic carbocycles. The van der Waals surface area contributed by atoms with Crippen molar-refractivity contribution in [3.63, 3.8) is 0 Å². The molecular formula is C28H30N2O3. The van der Waals surface area contributed by atoms with E-state index in [0.29, 0.717) is 0 Å². The highest BCUT2D eigenvalue weighted by atomic mass is 16.4. The quantitative estimate of drug-likeness (QED) is 0.566. The van der Waals surface area contributed by atoms with Gasteiger partial charge in [-0.1, -0.05) is 48.9 Å². The molecule has 1 amide bonds. The van der Waals surface area contributed by atoms with Crippen LogP contribution in [0.1, 0.15) is 50.0 Å². The Kier molecular flexibility index (Phi) is 5.01. The highest BCUT2D eigenvalue weighted by molar-refractivity contribution is 5.99. The standard InChI is InChI=1S/C28H30N2O3/c31-27(30-14-6-11-19-20(28(32)33)10-5-13-25(19)30)22-15-21(22)23-16-29-24-12-4-9-18(26(23)24)17-7-2-1-3-8-17/h1-4,7-9,12,16,19-22,25,29H,5-6,10-11,13-15H2,(H,32,33). The van der Waals surface area contributed by atoms with Crippen molar-refractivity contribution in [1.29, 1.82) is 0 Å². The number of nitrogens with one attached hydrogen (secondary N) is 1. The third-order valence-electron chi connectivity index (χ3n) is 8.29. The van der Waals surface area contributed by atoms with Crippen LogP contribution in [0.5, 0.6) is 0 Å². The molecule has 1 aliphatic heterocycles. The SMILES string of the molecule is O=C(O)C1CCCC2C1CCCN2C(=O)C1CC1c1c[nH]c2cccc(-c3ccccc3)c12. The number of carbonyl (C=O) groups excluding carboxylic acids is 1. The van der Waals surface area contributed by atoms with E-state index in [9.17, 15) is 14.7 Å². The minimum atomic E-state index is -0.685. The smallest absolute Gasteiger partial charge is 0.306 e. The molecule has 5 atom stereocenters. The zero-order chi connectivity index (χ0) is 22.5. The monoisotopic (exact) mass is 442 g/mol. The fourth-order valence-corrected chi connectivity index (χ4v) is 6.65. The number of likely N-dealkylation sites (tertiary alicyclic amines) is 1. The van der Waals surface area contributed by atoms with Gasteiger partial charge in [-0.2, -0.15) is 0 Å². The zero-order valence-electron chi connectivity index (χ0n) is 18.7. The number of aromatic nitrogens is 1. The van der Waals surface area contributed by atoms with Gasteiger partial charge in [-0.15, -0.1) is 0 Å². The lowest BCUT2D eigenvalue weighted by atomic mass is 9.71. The van der Waals surface area contributed by atoms with Crippen LogP contribution in [0.25, 0.3) is 22.0 Å². The summed E-state index contributed by atoms with van der Waals surface area (Å²) < 4.78 is 0. The molecular weight excluding hydrogens is 412 g/mol. The Morgan fingerprint density at radius 1 is 0.939 bits per heavy atom. The molecule has 5 nitrogen and oxygen atoms in total. The summed E-state index contributed by atoms with van der Waals surface area (Å²) in [4.78, 5) is 31.0. The lowest BCUT2D eigenvalue weighted by Crippen LogP contribution is -2.53. The molecule has 2 heterocycles. The molecule has 170 valence electrons. The van der Waals surface area contributed by atoms with Crippen molar-refractivity contribution in [2.45, 2.75) is 50.5 Å². The summed E-state index contributed by atoms with van der Waals surface area (Å²) in [5.41, 5.74) is 4.74. The summed E-state index contributed by atoms with van der Waals surface area (Å²) in [6.07, 6.45) is 7.42. The number of piperidine rings is 1. The molecule has 0 radical (unpaired) electrons. The maximum atomic E-state index is 13.7. The summed E-state index contributed by atoms with van der Waals surface area (Å²) >= 11 is 0. The molecule has 33 heavy (non-hydrogen) atoms. The first-order valence-corrected chi connectivity index (χ1v) is 12.3. The van der Waals surface area contributed by atoms with Crippen LogP contribution in [0.2, 0.25) is 0 Å². The minimum absolute atomic E-state index is 0.0109. The molecule has 1 saturated heterocycles. The molecule has 5 heteroatoms. The first kappa shape index (κ1) is 20.5. The number of nitrogens with zero attached hydrogens (tertiary/aromatic N) is 1. The van der Waals surface area contributed by atoms with E-state index in [0.717, 1.165) is 50.6 Å². The average molecular weight is 443 g/mol. The Hall–Kier alpha value is -3.08. The van der Waals surface area contributed by atoms with Crippen molar-refractivity contribution < 1.29 is 14.7 Å². The maximum absolute atomic E-state index is 13.7. The van der Waals surface area contributed by atoms with Crippen LogP contribution >= 0.6 is 0 Å². The third kappa shape index (κ3) is 3.45. The van der Waals surface area contributed by atoms with Crippen LogP contribution in [0.15, 0.2) is 54.7 Å². The molecule has 2 aromatic carbocycles. The largest absolute Gasteiger partial charge is 0.481 e. The molecule has 0 bridgehead atoms. The second-order valence-electron chi connectivity index (χ2n) is 10.1. The van der Waals surface area contributed by atoms with Crippen molar-refractivity contribution in [3.8, 4) is 11.1 Å². The lowest BCUT2D eigenvalue weighted by Gasteiger charge is -2.46. The Labute approximate surface area is 193 Å². The summed E-state index contributed by atoms with van der Waals surface area (Å²) in [6.45, 7) is 0.776. The zero-order valence-corrected chi connectivity index (χ0v) is 18.7. The number of aromatic amines is 1. The number of aliphatic carboxylic acids is 1. The Bertz CT molecular complexity index is 1200. The topological polar surface area (TPSA) is 73.4 Å². The van der Waals surface area contributed by atoms with E-state index in [1.54, 1.807) is 0 Å². The van der Waals surface area contributed by atoms with Crippen molar-refractivity contribution in [2.75, 3.05) is 6.54 Å². The van der Waals surface area contributed by atoms with Gasteiger partial charge in [-0.25, -0.2) is 0 Å². The van der Waals surface area contributed by atoms with Gasteiger partial charge in [-0.05, 0) is 66.7 Å². The highest BCUT2D eigenvalue weighted by Gasteiger charge is 2.51. The van der Waals surface area contributed by atoms with Crippen molar-refractivity contribution in [3.05, 3.63) is 60.3 Å². The number of hydrogen-bond donors (Lipinski definition) is 2. The van der Waals surface area contributed by atoms with Crippen LogP contribution in [-0.2, 0) is 9.59 Å². The van der Waals surface area contributed by atoms with Gasteiger partial charge in [0.1, 0.15) is 0 Å². The third-order valence-corrected chi connectivity index (χ3v) is 8.29. The van der Waals surface area contributed by atoms with Gasteiger partial charge in [0.15, 0.2) is 0 Å². The molecule has 3 aromatic rings. The number of rotatable bonds is 4. The van der Waals surface area contributed by atoms with Crippen molar-refractivity contribution >= 4 is 22.8 Å². The molecule has 3 aliphatic rings. The molecule has 1 aromatic heterocycles. The summed E-state index contributed by atoms with van der Waals surface area (Å²) in [6, 6.07) is 16.9. The second kappa shape index (κ2) is 8.05. The Balaban J connectivity index is 1.27. The molecule has 2 saturated carbocycles. The fourth-order valence-electron chi connectivity index (χ4n) is 6.65. The number of benzene rings is 2. The number of hydrogen-bond acceptors (Lipinski definition) is 2. The number of carboxylic acid groups (broad SMARTS) is 1. The Morgan fingerprint density at radius 3 is 2.61 bits per heavy atom. The van der Waals surface area contributed by atoms with Gasteiger partial charge < -0.3 is 15.0 Å². The number of carboxylic acids is 1. The molecule has 0 spiro atoms. The molecule has 5 unspecified atom stereocenters.